The van der Waals surface area contributed by atoms with Crippen molar-refractivity contribution in [3.63, 3.8) is 0 Å². The summed E-state index contributed by atoms with van der Waals surface area (Å²) in [4.78, 5) is 5.27. The maximum Gasteiger partial charge on any atom is 0.243 e. The van der Waals surface area contributed by atoms with Crippen LogP contribution in [-0.4, -0.2) is 22.7 Å². The highest BCUT2D eigenvalue weighted by Gasteiger charge is 2.60. The molecule has 5 aromatic carbocycles. The molecule has 306 valence electrons. The molecule has 0 saturated heterocycles. The monoisotopic (exact) mass is 886 g/mol. The summed E-state index contributed by atoms with van der Waals surface area (Å²) in [7, 11) is -3.83. The van der Waals surface area contributed by atoms with Crippen LogP contribution in [0.25, 0.3) is 11.5 Å². The van der Waals surface area contributed by atoms with Crippen molar-refractivity contribution in [1.29, 1.82) is 0 Å². The molecular weight excluding hydrogens is 834 g/mol. The lowest BCUT2D eigenvalue weighted by Crippen LogP contribution is -2.51. The molecule has 2 atom stereocenters. The number of hydrogen-bond acceptors (Lipinski definition) is 6. The second-order valence-electron chi connectivity index (χ2n) is 16.4. The van der Waals surface area contributed by atoms with E-state index in [-0.39, 0.29) is 5.41 Å². The van der Waals surface area contributed by atoms with E-state index in [2.05, 4.69) is 173 Å². The Kier molecular flexibility index (Phi) is 13.2. The van der Waals surface area contributed by atoms with E-state index >= 15 is 0 Å². The molecule has 0 fully saturated rings. The first-order valence-electron chi connectivity index (χ1n) is 20.6. The van der Waals surface area contributed by atoms with Gasteiger partial charge in [-0.1, -0.05) is 135 Å². The maximum absolute atomic E-state index is 6.98. The molecule has 1 aliphatic heterocycles. The molecule has 2 aliphatic rings. The van der Waals surface area contributed by atoms with Gasteiger partial charge in [-0.3, -0.25) is 0 Å². The number of oxazole rings is 1. The van der Waals surface area contributed by atoms with Gasteiger partial charge in [0.2, 0.25) is 26.9 Å². The Morgan fingerprint density at radius 3 is 2.10 bits per heavy atom. The van der Waals surface area contributed by atoms with E-state index in [1.807, 2.05) is 24.3 Å². The first-order chi connectivity index (χ1) is 29.1. The Morgan fingerprint density at radius 1 is 0.833 bits per heavy atom. The van der Waals surface area contributed by atoms with E-state index in [4.69, 9.17) is 25.7 Å². The number of nitrogens with zero attached hydrogens (tertiary/aromatic N) is 1. The van der Waals surface area contributed by atoms with Gasteiger partial charge < -0.3 is 14.5 Å². The van der Waals surface area contributed by atoms with E-state index in [1.54, 1.807) is 23.5 Å². The number of ether oxygens (including phenoxy) is 1. The van der Waals surface area contributed by atoms with Gasteiger partial charge in [-0.15, -0.1) is 0 Å². The number of benzene rings is 5. The Morgan fingerprint density at radius 2 is 1.48 bits per heavy atom. The summed E-state index contributed by atoms with van der Waals surface area (Å²) in [6, 6.07) is 50.0. The number of hydrogen-bond donors (Lipinski definition) is 1. The summed E-state index contributed by atoms with van der Waals surface area (Å²) in [5.74, 6) is 1.52. The third kappa shape index (κ3) is 8.70. The fourth-order valence-corrected chi connectivity index (χ4v) is 17.5. The van der Waals surface area contributed by atoms with Gasteiger partial charge >= 0.3 is 0 Å². The molecule has 0 radical (unpaired) electrons. The molecular formula is C51H53ClN2O2P2S2+2. The van der Waals surface area contributed by atoms with Crippen LogP contribution in [0.5, 0.6) is 0 Å². The average Bonchev–Trinajstić information content (AvgIpc) is 3.86. The SMILES string of the molecule is CSC1=C([P+](C2=CC=CCC2)(c2ccccc2)c2cccc(CCCSc3oc(-c4ccc(Cl)cc4)nc3[PH+](c3ccccc3)c3ccccc3)c2)NC(C)(C(C)(C)C)O1. The highest BCUT2D eigenvalue weighted by Crippen LogP contribution is 2.73. The first kappa shape index (κ1) is 42.7. The molecule has 1 aliphatic carbocycles. The van der Waals surface area contributed by atoms with Gasteiger partial charge in [-0.25, -0.2) is 0 Å². The number of allylic oxidation sites excluding steroid dienone is 4. The zero-order valence-electron chi connectivity index (χ0n) is 35.0. The number of halogens is 1. The van der Waals surface area contributed by atoms with Gasteiger partial charge in [0.25, 0.3) is 0 Å². The van der Waals surface area contributed by atoms with Crippen LogP contribution in [0.1, 0.15) is 52.5 Å². The Hall–Kier alpha value is -4.02. The van der Waals surface area contributed by atoms with Crippen LogP contribution in [0, 0.1) is 5.41 Å². The zero-order chi connectivity index (χ0) is 41.7. The summed E-state index contributed by atoms with van der Waals surface area (Å²) in [6.07, 6.45) is 13.0. The number of rotatable bonds is 14. The molecule has 0 spiro atoms. The predicted molar refractivity (Wildman–Crippen MR) is 264 cm³/mol. The predicted octanol–water partition coefficient (Wildman–Crippen LogP) is 12.3. The van der Waals surface area contributed by atoms with Gasteiger partial charge in [0.05, 0.1) is 5.31 Å². The van der Waals surface area contributed by atoms with Crippen molar-refractivity contribution in [2.24, 2.45) is 5.41 Å². The molecule has 2 unspecified atom stereocenters. The smallest absolute Gasteiger partial charge is 0.243 e. The topological polar surface area (TPSA) is 47.3 Å². The van der Waals surface area contributed by atoms with Crippen molar-refractivity contribution in [3.05, 3.63) is 184 Å². The highest BCUT2D eigenvalue weighted by atomic mass is 35.5. The summed E-state index contributed by atoms with van der Waals surface area (Å²) in [6.45, 7) is 8.99. The molecule has 6 aromatic rings. The number of aromatic nitrogens is 1. The van der Waals surface area contributed by atoms with E-state index in [1.165, 1.54) is 37.5 Å². The maximum atomic E-state index is 6.98. The number of nitrogens with one attached hydrogen (secondary N) is 1. The van der Waals surface area contributed by atoms with Crippen molar-refractivity contribution < 1.29 is 9.15 Å². The second-order valence-corrected chi connectivity index (χ2v) is 24.4. The van der Waals surface area contributed by atoms with Crippen LogP contribution in [0.15, 0.2) is 183 Å². The van der Waals surface area contributed by atoms with Crippen LogP contribution in [0.3, 0.4) is 0 Å². The van der Waals surface area contributed by atoms with Crippen LogP contribution in [0.2, 0.25) is 5.02 Å². The lowest BCUT2D eigenvalue weighted by molar-refractivity contribution is -0.0560. The van der Waals surface area contributed by atoms with Crippen LogP contribution < -0.4 is 32.0 Å². The van der Waals surface area contributed by atoms with E-state index in [0.717, 1.165) is 52.6 Å². The Bertz CT molecular complexity index is 2460. The summed E-state index contributed by atoms with van der Waals surface area (Å²) in [5, 5.41) is 13.4. The minimum atomic E-state index is -2.37. The molecule has 8 rings (SSSR count). The molecule has 1 N–H and O–H groups in total. The van der Waals surface area contributed by atoms with Crippen LogP contribution in [-0.2, 0) is 11.2 Å². The van der Waals surface area contributed by atoms with Crippen molar-refractivity contribution in [2.45, 2.75) is 64.2 Å². The number of thioether (sulfide) groups is 2. The summed E-state index contributed by atoms with van der Waals surface area (Å²) < 4.78 is 13.7. The standard InChI is InChI=1S/C51H52ClN2O2P2S2/c1-50(2,3)51(4)54-47(49(56-51)59-5)58(42-26-14-8-15-27-42,43-28-16-9-17-29-43)44-30-18-20-37(36-44)21-19-35-60-48-46(53-45(55-48)38-31-33-39(52)34-32-38)57(40-22-10-6-11-23-40)41-24-12-7-13-25-41/h6-16,18,20,22-28,30-34,36,54H,17,19,21,29,35H2,1-5H3/q+1/p+1. The molecule has 0 amide bonds. The summed E-state index contributed by atoms with van der Waals surface area (Å²) in [5.41, 5.74) is 3.82. The molecule has 1 aromatic heterocycles. The van der Waals surface area contributed by atoms with Crippen molar-refractivity contribution in [3.8, 4) is 11.5 Å². The van der Waals surface area contributed by atoms with Gasteiger partial charge in [-0.05, 0) is 117 Å². The second kappa shape index (κ2) is 18.5. The molecule has 0 bridgehead atoms. The third-order valence-electron chi connectivity index (χ3n) is 11.6. The molecule has 0 saturated carbocycles. The van der Waals surface area contributed by atoms with Gasteiger partial charge in [0, 0.05) is 28.2 Å². The van der Waals surface area contributed by atoms with Gasteiger partial charge in [0.1, 0.15) is 29.1 Å². The van der Waals surface area contributed by atoms with Gasteiger partial charge in [-0.2, -0.15) is 4.98 Å². The normalized spacial score (nSPS) is 17.6. The Balaban J connectivity index is 1.13. The van der Waals surface area contributed by atoms with E-state index in [9.17, 15) is 0 Å². The van der Waals surface area contributed by atoms with Gasteiger partial charge in [0.15, 0.2) is 13.0 Å². The fourth-order valence-electron chi connectivity index (χ4n) is 7.93. The summed E-state index contributed by atoms with van der Waals surface area (Å²) >= 11 is 9.79. The third-order valence-corrected chi connectivity index (χ3v) is 20.8. The quantitative estimate of drug-likeness (QED) is 0.0668. The highest BCUT2D eigenvalue weighted by molar-refractivity contribution is 8.03. The number of aryl methyl sites for hydroxylation is 1. The Labute approximate surface area is 371 Å². The molecule has 60 heavy (non-hydrogen) atoms. The zero-order valence-corrected chi connectivity index (χ0v) is 39.2. The van der Waals surface area contributed by atoms with Crippen molar-refractivity contribution in [1.82, 2.24) is 10.3 Å². The van der Waals surface area contributed by atoms with Crippen LogP contribution in [0.4, 0.5) is 0 Å². The minimum absolute atomic E-state index is 0.147. The average molecular weight is 888 g/mol. The fraction of sp³-hybridized carbons (Fsp3) is 0.235. The minimum Gasteiger partial charge on any atom is -0.456 e. The van der Waals surface area contributed by atoms with E-state index in [0.29, 0.717) is 10.9 Å². The molecule has 4 nitrogen and oxygen atoms in total. The molecule has 2 heterocycles. The molecule has 9 heteroatoms. The first-order valence-corrected chi connectivity index (χ1v) is 26.5. The lowest BCUT2D eigenvalue weighted by atomic mass is 9.84. The van der Waals surface area contributed by atoms with E-state index < -0.39 is 20.9 Å². The van der Waals surface area contributed by atoms with Crippen molar-refractivity contribution >= 4 is 77.0 Å². The lowest BCUT2D eigenvalue weighted by Gasteiger charge is -2.39. The van der Waals surface area contributed by atoms with Crippen LogP contribution >= 0.6 is 50.3 Å². The largest absolute Gasteiger partial charge is 0.456 e. The van der Waals surface area contributed by atoms with Crippen molar-refractivity contribution in [2.75, 3.05) is 12.0 Å².